The molecule has 2 N–H and O–H groups in total. The van der Waals surface area contributed by atoms with Crippen molar-refractivity contribution in [2.45, 2.75) is 24.3 Å². The summed E-state index contributed by atoms with van der Waals surface area (Å²) in [5.41, 5.74) is 0.823. The molecular weight excluding hydrogens is 406 g/mol. The lowest BCUT2D eigenvalue weighted by Gasteiger charge is -2.18. The molecule has 0 saturated carbocycles. The van der Waals surface area contributed by atoms with Crippen LogP contribution < -0.4 is 5.14 Å². The Morgan fingerprint density at radius 3 is 2.24 bits per heavy atom. The molecule has 1 aliphatic heterocycles. The number of ether oxygens (including phenoxy) is 1. The second-order valence-electron chi connectivity index (χ2n) is 6.20. The summed E-state index contributed by atoms with van der Waals surface area (Å²) in [6.07, 6.45) is 0. The van der Waals surface area contributed by atoms with Crippen LogP contribution in [-0.4, -0.2) is 19.8 Å². The highest BCUT2D eigenvalue weighted by Gasteiger charge is 2.42. The van der Waals surface area contributed by atoms with Gasteiger partial charge in [0.2, 0.25) is 15.8 Å². The van der Waals surface area contributed by atoms with E-state index >= 15 is 0 Å². The fraction of sp³-hybridized carbons (Fsp3) is 0.167. The van der Waals surface area contributed by atoms with Crippen molar-refractivity contribution >= 4 is 43.1 Å². The number of nitrogens with two attached hydrogens (primary N) is 1. The van der Waals surface area contributed by atoms with Crippen LogP contribution in [0, 0.1) is 0 Å². The third-order valence-electron chi connectivity index (χ3n) is 3.92. The zero-order valence-corrected chi connectivity index (χ0v) is 16.0. The van der Waals surface area contributed by atoms with E-state index in [9.17, 15) is 13.2 Å². The van der Waals surface area contributed by atoms with Gasteiger partial charge in [-0.15, -0.1) is 0 Å². The molecule has 0 atom stereocenters. The Labute approximate surface area is 154 Å². The first kappa shape index (κ1) is 17.8. The molecule has 0 aliphatic carbocycles. The van der Waals surface area contributed by atoms with Crippen LogP contribution >= 0.6 is 15.9 Å². The number of primary sulfonamides is 1. The predicted molar refractivity (Wildman–Crippen MR) is 98.9 cm³/mol. The maximum atomic E-state index is 12.8. The Balaban J connectivity index is 2.21. The van der Waals surface area contributed by atoms with E-state index in [1.54, 1.807) is 26.0 Å². The molecule has 0 bridgehead atoms. The third-order valence-corrected chi connectivity index (χ3v) is 5.81. The molecule has 0 aromatic heterocycles. The minimum absolute atomic E-state index is 0.0262. The van der Waals surface area contributed by atoms with Crippen molar-refractivity contribution in [3.8, 4) is 0 Å². The summed E-state index contributed by atoms with van der Waals surface area (Å²) in [6, 6.07) is 13.8. The van der Waals surface area contributed by atoms with Crippen molar-refractivity contribution in [2.75, 3.05) is 0 Å². The summed E-state index contributed by atoms with van der Waals surface area (Å²) in [4.78, 5) is 12.8. The Morgan fingerprint density at radius 1 is 1.04 bits per heavy atom. The number of carbonyl (C=O) groups is 1. The molecule has 0 saturated heterocycles. The Hall–Kier alpha value is -1.96. The summed E-state index contributed by atoms with van der Waals surface area (Å²) in [5.74, 6) is 0.295. The first-order valence-electron chi connectivity index (χ1n) is 7.47. The second kappa shape index (κ2) is 6.09. The van der Waals surface area contributed by atoms with Crippen LogP contribution in [0.4, 0.5) is 0 Å². The van der Waals surface area contributed by atoms with Crippen LogP contribution in [0.1, 0.15) is 25.0 Å². The lowest BCUT2D eigenvalue weighted by atomic mass is 9.93. The standard InChI is InChI=1S/C18H16BrNO4S/c1-18(2)17(21)15(11-6-4-3-5-7-11)16(24-18)12-8-9-14(13(19)10-12)25(20,22)23/h3-10H,1-2H3,(H2,20,22,23). The molecule has 0 radical (unpaired) electrons. The maximum absolute atomic E-state index is 12.8. The predicted octanol–water partition coefficient (Wildman–Crippen LogP) is 3.34. The molecule has 0 spiro atoms. The molecule has 3 rings (SSSR count). The van der Waals surface area contributed by atoms with Gasteiger partial charge in [0.15, 0.2) is 5.60 Å². The normalized spacial score (nSPS) is 16.9. The highest BCUT2D eigenvalue weighted by Crippen LogP contribution is 2.42. The van der Waals surface area contributed by atoms with Gasteiger partial charge in [-0.1, -0.05) is 30.3 Å². The molecule has 1 aliphatic rings. The van der Waals surface area contributed by atoms with E-state index in [2.05, 4.69) is 15.9 Å². The summed E-state index contributed by atoms with van der Waals surface area (Å²) < 4.78 is 29.4. The molecule has 7 heteroatoms. The van der Waals surface area contributed by atoms with Crippen LogP contribution in [-0.2, 0) is 19.6 Å². The monoisotopic (exact) mass is 421 g/mol. The molecule has 0 fully saturated rings. The summed E-state index contributed by atoms with van der Waals surface area (Å²) in [6.45, 7) is 3.41. The van der Waals surface area contributed by atoms with Crippen molar-refractivity contribution in [3.63, 3.8) is 0 Å². The van der Waals surface area contributed by atoms with Crippen LogP contribution in [0.15, 0.2) is 57.9 Å². The molecule has 25 heavy (non-hydrogen) atoms. The minimum Gasteiger partial charge on any atom is -0.478 e. The highest BCUT2D eigenvalue weighted by molar-refractivity contribution is 9.10. The Morgan fingerprint density at radius 2 is 1.68 bits per heavy atom. The third kappa shape index (κ3) is 3.27. The van der Waals surface area contributed by atoms with E-state index in [0.717, 1.165) is 5.56 Å². The number of hydrogen-bond donors (Lipinski definition) is 1. The molecular formula is C18H16BrNO4S. The Kier molecular flexibility index (Phi) is 4.35. The molecule has 2 aromatic rings. The van der Waals surface area contributed by atoms with Crippen LogP contribution in [0.2, 0.25) is 0 Å². The van der Waals surface area contributed by atoms with Crippen LogP contribution in [0.25, 0.3) is 11.3 Å². The topological polar surface area (TPSA) is 86.5 Å². The van der Waals surface area contributed by atoms with E-state index in [1.165, 1.54) is 6.07 Å². The zero-order valence-electron chi connectivity index (χ0n) is 13.6. The van der Waals surface area contributed by atoms with Crippen LogP contribution in [0.3, 0.4) is 0 Å². The molecule has 1 heterocycles. The summed E-state index contributed by atoms with van der Waals surface area (Å²) in [5, 5.41) is 5.19. The number of rotatable bonds is 3. The van der Waals surface area contributed by atoms with Gasteiger partial charge in [-0.3, -0.25) is 4.79 Å². The van der Waals surface area contributed by atoms with Gasteiger partial charge in [0.05, 0.1) is 10.5 Å². The van der Waals surface area contributed by atoms with E-state index in [4.69, 9.17) is 9.88 Å². The average Bonchev–Trinajstić information content (AvgIpc) is 2.77. The lowest BCUT2D eigenvalue weighted by molar-refractivity contribution is -0.125. The molecule has 5 nitrogen and oxygen atoms in total. The quantitative estimate of drug-likeness (QED) is 0.822. The van der Waals surface area contributed by atoms with Gasteiger partial charge in [-0.05, 0) is 53.5 Å². The maximum Gasteiger partial charge on any atom is 0.239 e. The highest BCUT2D eigenvalue weighted by atomic mass is 79.9. The van der Waals surface area contributed by atoms with Crippen LogP contribution in [0.5, 0.6) is 0 Å². The van der Waals surface area contributed by atoms with Crippen molar-refractivity contribution in [2.24, 2.45) is 5.14 Å². The smallest absolute Gasteiger partial charge is 0.239 e. The number of ketones is 1. The van der Waals surface area contributed by atoms with Gasteiger partial charge in [-0.2, -0.15) is 0 Å². The van der Waals surface area contributed by atoms with Gasteiger partial charge in [-0.25, -0.2) is 13.6 Å². The van der Waals surface area contributed by atoms with E-state index in [-0.39, 0.29) is 10.7 Å². The van der Waals surface area contributed by atoms with Gasteiger partial charge in [0.25, 0.3) is 0 Å². The SMILES string of the molecule is CC1(C)OC(c2ccc(S(N)(=O)=O)c(Br)c2)=C(c2ccccc2)C1=O. The summed E-state index contributed by atoms with van der Waals surface area (Å²) >= 11 is 3.23. The number of sulfonamides is 1. The fourth-order valence-corrected chi connectivity index (χ4v) is 4.34. The number of benzene rings is 2. The van der Waals surface area contributed by atoms with Crippen molar-refractivity contribution < 1.29 is 17.9 Å². The van der Waals surface area contributed by atoms with Crippen molar-refractivity contribution in [3.05, 3.63) is 64.1 Å². The van der Waals surface area contributed by atoms with E-state index in [0.29, 0.717) is 21.4 Å². The molecule has 0 unspecified atom stereocenters. The number of hydrogen-bond acceptors (Lipinski definition) is 4. The average molecular weight is 422 g/mol. The molecule has 2 aromatic carbocycles. The first-order valence-corrected chi connectivity index (χ1v) is 9.81. The molecule has 130 valence electrons. The first-order chi connectivity index (χ1) is 11.6. The zero-order chi connectivity index (χ0) is 18.4. The number of halogens is 1. The van der Waals surface area contributed by atoms with E-state index in [1.807, 2.05) is 30.3 Å². The van der Waals surface area contributed by atoms with Gasteiger partial charge >= 0.3 is 0 Å². The van der Waals surface area contributed by atoms with Gasteiger partial charge < -0.3 is 4.74 Å². The van der Waals surface area contributed by atoms with Gasteiger partial charge in [0, 0.05) is 10.0 Å². The largest absolute Gasteiger partial charge is 0.478 e. The number of Topliss-reactive ketones (excluding diaryl/α,β-unsaturated/α-hetero) is 1. The Bertz CT molecular complexity index is 995. The fourth-order valence-electron chi connectivity index (χ4n) is 2.70. The minimum atomic E-state index is -3.84. The van der Waals surface area contributed by atoms with Crippen molar-refractivity contribution in [1.29, 1.82) is 0 Å². The van der Waals surface area contributed by atoms with Crippen molar-refractivity contribution in [1.82, 2.24) is 0 Å². The lowest BCUT2D eigenvalue weighted by Crippen LogP contribution is -2.29. The van der Waals surface area contributed by atoms with E-state index < -0.39 is 15.6 Å². The van der Waals surface area contributed by atoms with Gasteiger partial charge in [0.1, 0.15) is 5.76 Å². The molecule has 0 amide bonds. The summed E-state index contributed by atoms with van der Waals surface area (Å²) in [7, 11) is -3.84. The number of carbonyl (C=O) groups excluding carboxylic acids is 1. The second-order valence-corrected chi connectivity index (χ2v) is 8.59.